The number of aliphatic hydroxyl groups is 1. The lowest BCUT2D eigenvalue weighted by Gasteiger charge is -2.28. The Morgan fingerprint density at radius 1 is 0.292 bits per heavy atom. The van der Waals surface area contributed by atoms with Crippen LogP contribution in [-0.2, 0) is 117 Å². The lowest BCUT2D eigenvalue weighted by Crippen LogP contribution is -2.62. The molecule has 0 fully saturated rings. The number of phenolic OH excluding ortho intramolecular Hbond substituents is 2. The molecule has 4 aromatic carbocycles. The Hall–Kier alpha value is -13.7. The first kappa shape index (κ1) is 98.7. The van der Waals surface area contributed by atoms with Crippen LogP contribution in [0.4, 0.5) is 0 Å². The minimum Gasteiger partial charge on any atom is -0.508 e. The molecule has 652 valence electrons. The third-order valence-electron chi connectivity index (χ3n) is 18.0. The number of hydrogen-bond donors (Lipinski definition) is 23. The van der Waals surface area contributed by atoms with E-state index in [4.69, 9.17) is 11.5 Å². The van der Waals surface area contributed by atoms with E-state index >= 15 is 0 Å². The van der Waals surface area contributed by atoms with Crippen LogP contribution in [0.1, 0.15) is 121 Å². The number of hydrogen-bond acceptors (Lipinski definition) is 23. The van der Waals surface area contributed by atoms with Crippen molar-refractivity contribution in [3.05, 3.63) is 131 Å². The Labute approximate surface area is 686 Å². The molecule has 4 rings (SSSR count). The number of primary amides is 1. The van der Waals surface area contributed by atoms with Gasteiger partial charge in [-0.05, 0) is 90.5 Å². The van der Waals surface area contributed by atoms with E-state index in [-0.39, 0.29) is 47.8 Å². The Balaban J connectivity index is 1.69. The van der Waals surface area contributed by atoms with Crippen LogP contribution in [0, 0.1) is 11.8 Å². The summed E-state index contributed by atoms with van der Waals surface area (Å²) in [6.07, 6.45) is -10.1. The van der Waals surface area contributed by atoms with Gasteiger partial charge in [-0.3, -0.25) is 86.3 Å². The molecule has 0 aliphatic heterocycles. The molecule has 13 atom stereocenters. The highest BCUT2D eigenvalue weighted by Crippen LogP contribution is 2.18. The monoisotopic (exact) mass is 1680 g/mol. The molecule has 0 unspecified atom stereocenters. The standard InChI is InChI=1S/C78H102N14O28/c1-39(2)29-47(79)66(107)84-52(31-41-11-7-5-8-12-41)71(112)82-48(23-26-61(97)98)67(108)81-49(24-27-62(99)100)68(109)86-53(32-42-13-9-6-10-14-42)72(113)83-50(25-28-63(101)102)69(110)89-56(35-60(80)96)75(116)87-55(34-44-17-21-46(95)22-18-44)74(115)92-59(38-93)77(118)88-54(33-43-15-19-45(94)20-16-43)73(114)90-57(36-64(103)104)76(117)85-51(30-40(3)4)70(111)91-58(78(119)120)37-65(105)106/h5-22,39-40,47-59,93-95H,23-38,79H2,1-4H3,(H2,80,96)(H,81,108)(H,82,112)(H,83,113)(H,84,107)(H,85,117)(H,86,109)(H,87,116)(H,88,118)(H,89,110)(H,90,114)(H,91,111)(H,92,115)(H,97,98)(H,99,100)(H,101,102)(H,103,104)(H,105,106)(H,119,120)/t47-,48-,49-,50-,51-,52-,53-,54-,55-,56-,57-,58-,59-/m0/s1. The van der Waals surface area contributed by atoms with Crippen LogP contribution in [0.5, 0.6) is 11.5 Å². The number of rotatable bonds is 53. The molecule has 42 nitrogen and oxygen atoms in total. The third-order valence-corrected chi connectivity index (χ3v) is 18.0. The number of nitrogens with one attached hydrogen (secondary N) is 12. The lowest BCUT2D eigenvalue weighted by atomic mass is 10.0. The molecule has 0 bridgehead atoms. The van der Waals surface area contributed by atoms with E-state index in [1.54, 1.807) is 64.1 Å². The predicted octanol–water partition coefficient (Wildman–Crippen LogP) is -3.90. The fourth-order valence-electron chi connectivity index (χ4n) is 11.8. The zero-order valence-corrected chi connectivity index (χ0v) is 65.8. The summed E-state index contributed by atoms with van der Waals surface area (Å²) in [5.41, 5.74) is 12.9. The Bertz CT molecular complexity index is 4270. The largest absolute Gasteiger partial charge is 0.508 e. The highest BCUT2D eigenvalue weighted by molar-refractivity contribution is 6.01. The second kappa shape index (κ2) is 49.4. The second-order valence-corrected chi connectivity index (χ2v) is 28.9. The molecular weight excluding hydrogens is 1580 g/mol. The molecular formula is C78H102N14O28. The Morgan fingerprint density at radius 3 is 0.850 bits per heavy atom. The van der Waals surface area contributed by atoms with Crippen molar-refractivity contribution in [2.45, 2.75) is 203 Å². The van der Waals surface area contributed by atoms with Crippen molar-refractivity contribution >= 4 is 113 Å². The highest BCUT2D eigenvalue weighted by Gasteiger charge is 2.39. The van der Waals surface area contributed by atoms with Crippen molar-refractivity contribution in [1.82, 2.24) is 63.8 Å². The van der Waals surface area contributed by atoms with E-state index in [9.17, 15) is 137 Å². The maximum atomic E-state index is 14.8. The zero-order chi connectivity index (χ0) is 89.6. The average molecular weight is 1680 g/mol. The molecule has 0 saturated heterocycles. The molecule has 13 amide bonds. The van der Waals surface area contributed by atoms with Crippen molar-refractivity contribution in [2.24, 2.45) is 23.3 Å². The molecule has 42 heteroatoms. The summed E-state index contributed by atoms with van der Waals surface area (Å²) in [5.74, 6) is -27.1. The number of aromatic hydroxyl groups is 2. The van der Waals surface area contributed by atoms with Gasteiger partial charge in [-0.1, -0.05) is 113 Å². The molecule has 120 heavy (non-hydrogen) atoms. The van der Waals surface area contributed by atoms with Gasteiger partial charge in [0, 0.05) is 44.9 Å². The molecule has 0 aliphatic carbocycles. The number of benzene rings is 4. The van der Waals surface area contributed by atoms with Gasteiger partial charge < -0.3 is 121 Å². The number of aliphatic carboxylic acids is 6. The summed E-state index contributed by atoms with van der Waals surface area (Å²) in [4.78, 5) is 256. The third kappa shape index (κ3) is 36.2. The van der Waals surface area contributed by atoms with Crippen molar-refractivity contribution < 1.29 is 137 Å². The van der Waals surface area contributed by atoms with Crippen molar-refractivity contribution in [3.63, 3.8) is 0 Å². The molecule has 0 heterocycles. The predicted molar refractivity (Wildman–Crippen MR) is 418 cm³/mol. The fraction of sp³-hybridized carbons (Fsp3) is 0.449. The van der Waals surface area contributed by atoms with Crippen LogP contribution >= 0.6 is 0 Å². The van der Waals surface area contributed by atoms with Gasteiger partial charge in [0.1, 0.15) is 84.0 Å². The van der Waals surface area contributed by atoms with Crippen LogP contribution in [0.25, 0.3) is 0 Å². The van der Waals surface area contributed by atoms with Crippen LogP contribution < -0.4 is 75.3 Å². The SMILES string of the molecule is CC(C)C[C@H](NC(=O)[C@H](CC(=O)O)NC(=O)[C@H](Cc1ccc(O)cc1)NC(=O)[C@H](CO)NC(=O)[C@H](Cc1ccc(O)cc1)NC(=O)[C@H](CC(N)=O)NC(=O)[C@H](CCC(=O)O)NC(=O)[C@H](Cc1ccccc1)NC(=O)[C@H](CCC(=O)O)NC(=O)[C@H](CCC(=O)O)NC(=O)[C@H](Cc1ccccc1)NC(=O)[C@@H](N)CC(C)C)C(=O)N[C@@H](CC(=O)O)C(=O)O. The summed E-state index contributed by atoms with van der Waals surface area (Å²) >= 11 is 0. The smallest absolute Gasteiger partial charge is 0.326 e. The van der Waals surface area contributed by atoms with E-state index in [1.807, 2.05) is 5.32 Å². The van der Waals surface area contributed by atoms with Crippen LogP contribution in [-0.4, -0.2) is 244 Å². The quantitative estimate of drug-likeness (QED) is 0.0201. The van der Waals surface area contributed by atoms with Crippen molar-refractivity contribution in [2.75, 3.05) is 6.61 Å². The maximum Gasteiger partial charge on any atom is 0.326 e. The first-order chi connectivity index (χ1) is 56.5. The Morgan fingerprint density at radius 2 is 0.542 bits per heavy atom. The van der Waals surface area contributed by atoms with Gasteiger partial charge in [0.2, 0.25) is 76.8 Å². The van der Waals surface area contributed by atoms with Gasteiger partial charge in [0.15, 0.2) is 0 Å². The number of amides is 13. The van der Waals surface area contributed by atoms with Gasteiger partial charge in [-0.15, -0.1) is 0 Å². The number of carbonyl (C=O) groups excluding carboxylic acids is 13. The number of carbonyl (C=O) groups is 19. The van der Waals surface area contributed by atoms with Gasteiger partial charge in [-0.25, -0.2) is 4.79 Å². The topological polar surface area (TPSA) is 703 Å². The van der Waals surface area contributed by atoms with Crippen LogP contribution in [0.3, 0.4) is 0 Å². The summed E-state index contributed by atoms with van der Waals surface area (Å²) in [7, 11) is 0. The van der Waals surface area contributed by atoms with Gasteiger partial charge in [0.05, 0.1) is 31.9 Å². The van der Waals surface area contributed by atoms with Crippen LogP contribution in [0.2, 0.25) is 0 Å². The summed E-state index contributed by atoms with van der Waals surface area (Å²) in [6, 6.07) is 1.40. The molecule has 0 radical (unpaired) electrons. The van der Waals surface area contributed by atoms with E-state index in [0.29, 0.717) is 11.1 Å². The molecule has 0 aliphatic rings. The van der Waals surface area contributed by atoms with E-state index in [2.05, 4.69) is 58.5 Å². The molecule has 25 N–H and O–H groups in total. The summed E-state index contributed by atoms with van der Waals surface area (Å²) in [6.45, 7) is 5.43. The maximum absolute atomic E-state index is 14.8. The molecule has 0 aromatic heterocycles. The summed E-state index contributed by atoms with van der Waals surface area (Å²) in [5, 5.41) is 116. The highest BCUT2D eigenvalue weighted by atomic mass is 16.4. The first-order valence-electron chi connectivity index (χ1n) is 37.8. The lowest BCUT2D eigenvalue weighted by molar-refractivity contribution is -0.147. The summed E-state index contributed by atoms with van der Waals surface area (Å²) < 4.78 is 0. The Kier molecular flexibility index (Phi) is 40.6. The molecule has 0 spiro atoms. The number of phenols is 2. The minimum absolute atomic E-state index is 0.0544. The number of carboxylic acid groups (broad SMARTS) is 6. The van der Waals surface area contributed by atoms with Gasteiger partial charge >= 0.3 is 35.8 Å². The number of aliphatic hydroxyl groups excluding tert-OH is 1. The van der Waals surface area contributed by atoms with Crippen LogP contribution in [0.15, 0.2) is 109 Å². The number of nitrogens with two attached hydrogens (primary N) is 2. The van der Waals surface area contributed by atoms with E-state index in [1.165, 1.54) is 60.7 Å². The van der Waals surface area contributed by atoms with Gasteiger partial charge in [0.25, 0.3) is 0 Å². The molecule has 0 saturated carbocycles. The molecule has 4 aromatic rings. The van der Waals surface area contributed by atoms with Gasteiger partial charge in [-0.2, -0.15) is 0 Å². The van der Waals surface area contributed by atoms with E-state index in [0.717, 1.165) is 12.1 Å². The minimum atomic E-state index is -2.17. The number of carboxylic acids is 6. The fourth-order valence-corrected chi connectivity index (χ4v) is 11.8. The normalized spacial score (nSPS) is 14.3. The second-order valence-electron chi connectivity index (χ2n) is 28.9. The van der Waals surface area contributed by atoms with E-state index < -0.39 is 281 Å². The average Bonchev–Trinajstić information content (AvgIpc) is 0.852. The zero-order valence-electron chi connectivity index (χ0n) is 65.8. The first-order valence-corrected chi connectivity index (χ1v) is 37.8. The van der Waals surface area contributed by atoms with Crippen molar-refractivity contribution in [3.8, 4) is 11.5 Å². The van der Waals surface area contributed by atoms with Crippen molar-refractivity contribution in [1.29, 1.82) is 0 Å².